The second-order valence-electron chi connectivity index (χ2n) is 5.10. The van der Waals surface area contributed by atoms with Gasteiger partial charge in [0.2, 0.25) is 5.91 Å². The first-order chi connectivity index (χ1) is 10.2. The van der Waals surface area contributed by atoms with Gasteiger partial charge in [0.05, 0.1) is 12.5 Å². The largest absolute Gasteiger partial charge is 0.497 e. The lowest BCUT2D eigenvalue weighted by Gasteiger charge is -2.19. The molecule has 3 rings (SSSR count). The predicted octanol–water partition coefficient (Wildman–Crippen LogP) is 3.91. The molecule has 1 aliphatic heterocycles. The van der Waals surface area contributed by atoms with Crippen molar-refractivity contribution >= 4 is 23.2 Å². The van der Waals surface area contributed by atoms with E-state index in [1.54, 1.807) is 7.11 Å². The second kappa shape index (κ2) is 5.78. The average Bonchev–Trinajstić information content (AvgIpc) is 2.53. The number of ether oxygens (including phenoxy) is 1. The fraction of sp³-hybridized carbons (Fsp3) is 0.235. The van der Waals surface area contributed by atoms with Gasteiger partial charge in [0, 0.05) is 12.1 Å². The first kappa shape index (κ1) is 14.0. The lowest BCUT2D eigenvalue weighted by atomic mass is 9.97. The van der Waals surface area contributed by atoms with Gasteiger partial charge in [0.1, 0.15) is 5.75 Å². The Labute approximate surface area is 128 Å². The van der Waals surface area contributed by atoms with Gasteiger partial charge < -0.3 is 10.1 Å². The van der Waals surface area contributed by atoms with Crippen molar-refractivity contribution in [3.63, 3.8) is 0 Å². The van der Waals surface area contributed by atoms with Crippen LogP contribution in [0.1, 0.15) is 28.5 Å². The van der Waals surface area contributed by atoms with Crippen LogP contribution in [0.3, 0.4) is 0 Å². The number of halogens is 1. The molecule has 2 aromatic rings. The third-order valence-electron chi connectivity index (χ3n) is 3.70. The van der Waals surface area contributed by atoms with Crippen LogP contribution in [0.5, 0.6) is 5.75 Å². The van der Waals surface area contributed by atoms with Gasteiger partial charge in [-0.2, -0.15) is 0 Å². The van der Waals surface area contributed by atoms with Gasteiger partial charge in [-0.1, -0.05) is 24.3 Å². The van der Waals surface area contributed by atoms with E-state index in [1.807, 2.05) is 36.4 Å². The lowest BCUT2D eigenvalue weighted by Crippen LogP contribution is -2.19. The minimum absolute atomic E-state index is 0.0745. The van der Waals surface area contributed by atoms with E-state index in [9.17, 15) is 4.79 Å². The Morgan fingerprint density at radius 3 is 2.76 bits per heavy atom. The summed E-state index contributed by atoms with van der Waals surface area (Å²) in [6.07, 6.45) is 1.29. The summed E-state index contributed by atoms with van der Waals surface area (Å²) in [4.78, 5) is 11.4. The summed E-state index contributed by atoms with van der Waals surface area (Å²) in [7, 11) is 1.64. The average molecular weight is 302 g/mol. The molecule has 21 heavy (non-hydrogen) atoms. The van der Waals surface area contributed by atoms with Crippen LogP contribution in [-0.4, -0.2) is 13.0 Å². The summed E-state index contributed by atoms with van der Waals surface area (Å²) < 4.78 is 5.24. The molecule has 1 unspecified atom stereocenters. The second-order valence-corrected chi connectivity index (χ2v) is 5.54. The van der Waals surface area contributed by atoms with E-state index in [2.05, 4.69) is 11.4 Å². The number of hydrogen-bond acceptors (Lipinski definition) is 2. The van der Waals surface area contributed by atoms with Gasteiger partial charge in [-0.3, -0.25) is 4.79 Å². The summed E-state index contributed by atoms with van der Waals surface area (Å²) in [5.74, 6) is 0.869. The zero-order valence-electron chi connectivity index (χ0n) is 11.7. The molecule has 2 aromatic carbocycles. The van der Waals surface area contributed by atoms with Crippen molar-refractivity contribution in [3.05, 3.63) is 59.2 Å². The number of fused-ring (bicyclic) bond motifs is 1. The lowest BCUT2D eigenvalue weighted by molar-refractivity contribution is -0.116. The van der Waals surface area contributed by atoms with Crippen LogP contribution >= 0.6 is 11.6 Å². The van der Waals surface area contributed by atoms with Gasteiger partial charge in [-0.15, -0.1) is 11.6 Å². The SMILES string of the molecule is COc1cccc(C(Cl)c2ccc3c(c2)CCC(=O)N3)c1. The van der Waals surface area contributed by atoms with Crippen molar-refractivity contribution in [1.82, 2.24) is 0 Å². The van der Waals surface area contributed by atoms with Crippen molar-refractivity contribution in [2.24, 2.45) is 0 Å². The zero-order valence-corrected chi connectivity index (χ0v) is 12.5. The monoisotopic (exact) mass is 301 g/mol. The van der Waals surface area contributed by atoms with Crippen molar-refractivity contribution in [1.29, 1.82) is 0 Å². The number of rotatable bonds is 3. The summed E-state index contributed by atoms with van der Waals surface area (Å²) in [5, 5.41) is 2.65. The van der Waals surface area contributed by atoms with Crippen LogP contribution in [0.15, 0.2) is 42.5 Å². The van der Waals surface area contributed by atoms with Crippen molar-refractivity contribution in [2.45, 2.75) is 18.2 Å². The van der Waals surface area contributed by atoms with Crippen molar-refractivity contribution in [3.8, 4) is 5.75 Å². The third kappa shape index (κ3) is 2.88. The molecular formula is C17H16ClNO2. The minimum Gasteiger partial charge on any atom is -0.497 e. The molecule has 0 radical (unpaired) electrons. The first-order valence-corrected chi connectivity index (χ1v) is 7.32. The topological polar surface area (TPSA) is 38.3 Å². The molecular weight excluding hydrogens is 286 g/mol. The molecule has 0 fully saturated rings. The van der Waals surface area contributed by atoms with E-state index in [0.29, 0.717) is 6.42 Å². The van der Waals surface area contributed by atoms with E-state index in [-0.39, 0.29) is 11.3 Å². The van der Waals surface area contributed by atoms with Crippen LogP contribution in [0.25, 0.3) is 0 Å². The molecule has 0 aromatic heterocycles. The molecule has 0 bridgehead atoms. The molecule has 4 heteroatoms. The van der Waals surface area contributed by atoms with Gasteiger partial charge in [-0.05, 0) is 41.3 Å². The van der Waals surface area contributed by atoms with E-state index in [0.717, 1.165) is 34.5 Å². The Morgan fingerprint density at radius 1 is 1.14 bits per heavy atom. The van der Waals surface area contributed by atoms with Crippen molar-refractivity contribution in [2.75, 3.05) is 12.4 Å². The van der Waals surface area contributed by atoms with Crippen LogP contribution in [0.4, 0.5) is 5.69 Å². The van der Waals surface area contributed by atoms with E-state index >= 15 is 0 Å². The number of nitrogens with one attached hydrogen (secondary N) is 1. The van der Waals surface area contributed by atoms with Gasteiger partial charge in [0.25, 0.3) is 0 Å². The van der Waals surface area contributed by atoms with Gasteiger partial charge in [0.15, 0.2) is 0 Å². The smallest absolute Gasteiger partial charge is 0.224 e. The highest BCUT2D eigenvalue weighted by Crippen LogP contribution is 2.34. The highest BCUT2D eigenvalue weighted by molar-refractivity contribution is 6.22. The fourth-order valence-electron chi connectivity index (χ4n) is 2.55. The Hall–Kier alpha value is -2.00. The Morgan fingerprint density at radius 2 is 1.95 bits per heavy atom. The standard InChI is InChI=1S/C17H16ClNO2/c1-21-14-4-2-3-12(10-14)17(18)13-5-7-15-11(9-13)6-8-16(20)19-15/h2-5,7,9-10,17H,6,8H2,1H3,(H,19,20). The number of methoxy groups -OCH3 is 1. The molecule has 0 aliphatic carbocycles. The van der Waals surface area contributed by atoms with Crippen LogP contribution < -0.4 is 10.1 Å². The highest BCUT2D eigenvalue weighted by atomic mass is 35.5. The molecule has 1 heterocycles. The number of benzene rings is 2. The van der Waals surface area contributed by atoms with E-state index in [4.69, 9.17) is 16.3 Å². The number of anilines is 1. The number of carbonyl (C=O) groups is 1. The highest BCUT2D eigenvalue weighted by Gasteiger charge is 2.18. The number of amides is 1. The molecule has 0 saturated heterocycles. The number of carbonyl (C=O) groups excluding carboxylic acids is 1. The minimum atomic E-state index is -0.233. The van der Waals surface area contributed by atoms with E-state index < -0.39 is 0 Å². The number of alkyl halides is 1. The fourth-order valence-corrected chi connectivity index (χ4v) is 2.82. The number of hydrogen-bond donors (Lipinski definition) is 1. The maximum atomic E-state index is 11.4. The summed E-state index contributed by atoms with van der Waals surface area (Å²) in [6, 6.07) is 13.7. The molecule has 0 saturated carbocycles. The third-order valence-corrected chi connectivity index (χ3v) is 4.21. The molecule has 1 amide bonds. The molecule has 1 aliphatic rings. The van der Waals surface area contributed by atoms with Crippen LogP contribution in [0, 0.1) is 0 Å². The van der Waals surface area contributed by atoms with Crippen LogP contribution in [0.2, 0.25) is 0 Å². The maximum absolute atomic E-state index is 11.4. The van der Waals surface area contributed by atoms with Gasteiger partial charge in [-0.25, -0.2) is 0 Å². The Kier molecular flexibility index (Phi) is 3.84. The summed E-state index contributed by atoms with van der Waals surface area (Å²) in [5.41, 5.74) is 4.06. The predicted molar refractivity (Wildman–Crippen MR) is 84.1 cm³/mol. The van der Waals surface area contributed by atoms with Crippen LogP contribution in [-0.2, 0) is 11.2 Å². The molecule has 1 N–H and O–H groups in total. The summed E-state index contributed by atoms with van der Waals surface area (Å²) >= 11 is 6.59. The molecule has 3 nitrogen and oxygen atoms in total. The Bertz CT molecular complexity index is 684. The van der Waals surface area contributed by atoms with Crippen molar-refractivity contribution < 1.29 is 9.53 Å². The maximum Gasteiger partial charge on any atom is 0.224 e. The first-order valence-electron chi connectivity index (χ1n) is 6.88. The molecule has 108 valence electrons. The van der Waals surface area contributed by atoms with E-state index in [1.165, 1.54) is 0 Å². The molecule has 0 spiro atoms. The number of aryl methyl sites for hydroxylation is 1. The van der Waals surface area contributed by atoms with Gasteiger partial charge >= 0.3 is 0 Å². The normalized spacial score (nSPS) is 15.0. The zero-order chi connectivity index (χ0) is 14.8. The summed E-state index contributed by atoms with van der Waals surface area (Å²) in [6.45, 7) is 0. The Balaban J connectivity index is 1.91. The quantitative estimate of drug-likeness (QED) is 0.873. The molecule has 1 atom stereocenters.